The van der Waals surface area contributed by atoms with Gasteiger partial charge in [0, 0.05) is 23.7 Å². The number of aryl methyl sites for hydroxylation is 1. The van der Waals surface area contributed by atoms with E-state index >= 15 is 0 Å². The molecule has 1 unspecified atom stereocenters. The van der Waals surface area contributed by atoms with Gasteiger partial charge in [0.1, 0.15) is 17.6 Å². The standard InChI is InChI=1S/C29H30N6O3/c1-20-26(33-29(36)37-19-21-7-6-14-34(2)17-21)18-35-28(20)27(22(15-30)16-31-35)32-23-10-12-25(13-11-23)38-24-8-4-3-5-9-24/h3-5,8-13,16,18,21,32H,6-7,14,17,19H2,1-2H3,(H,33,36). The molecule has 1 fully saturated rings. The van der Waals surface area contributed by atoms with Gasteiger partial charge in [-0.1, -0.05) is 18.2 Å². The van der Waals surface area contributed by atoms with Gasteiger partial charge in [-0.25, -0.2) is 9.31 Å². The van der Waals surface area contributed by atoms with E-state index in [1.807, 2.05) is 61.5 Å². The summed E-state index contributed by atoms with van der Waals surface area (Å²) in [5.41, 5.74) is 3.81. The van der Waals surface area contributed by atoms with Gasteiger partial charge in [0.15, 0.2) is 0 Å². The molecule has 0 aliphatic carbocycles. The molecule has 194 valence electrons. The SMILES string of the molecule is Cc1c(NC(=O)OCC2CCCN(C)C2)cn2ncc(C#N)c(Nc3ccc(Oc4ccccc4)cc3)c12. The fraction of sp³-hybridized carbons (Fsp3) is 0.276. The van der Waals surface area contributed by atoms with E-state index in [2.05, 4.69) is 33.7 Å². The van der Waals surface area contributed by atoms with Gasteiger partial charge in [-0.2, -0.15) is 10.4 Å². The molecular weight excluding hydrogens is 480 g/mol. The van der Waals surface area contributed by atoms with E-state index in [1.165, 1.54) is 6.20 Å². The number of likely N-dealkylation sites (tertiary alicyclic amines) is 1. The molecule has 1 atom stereocenters. The molecule has 4 aromatic rings. The Bertz CT molecular complexity index is 1460. The monoisotopic (exact) mass is 510 g/mol. The number of nitrogens with zero attached hydrogens (tertiary/aromatic N) is 4. The third-order valence-corrected chi connectivity index (χ3v) is 6.69. The number of nitrogens with one attached hydrogen (secondary N) is 2. The molecule has 2 aromatic carbocycles. The molecule has 0 bridgehead atoms. The molecule has 1 amide bonds. The minimum absolute atomic E-state index is 0.342. The number of ether oxygens (including phenoxy) is 2. The van der Waals surface area contributed by atoms with Crippen LogP contribution in [0.1, 0.15) is 24.0 Å². The number of rotatable bonds is 7. The fourth-order valence-electron chi connectivity index (χ4n) is 4.75. The first-order chi connectivity index (χ1) is 18.5. The fourth-order valence-corrected chi connectivity index (χ4v) is 4.75. The quantitative estimate of drug-likeness (QED) is 0.317. The average Bonchev–Trinajstić information content (AvgIpc) is 3.24. The number of anilines is 3. The largest absolute Gasteiger partial charge is 0.457 e. The summed E-state index contributed by atoms with van der Waals surface area (Å²) in [6.07, 6.45) is 4.90. The van der Waals surface area contributed by atoms with Crippen LogP contribution in [0.3, 0.4) is 0 Å². The molecule has 5 rings (SSSR count). The van der Waals surface area contributed by atoms with Crippen molar-refractivity contribution in [2.45, 2.75) is 19.8 Å². The molecule has 0 saturated carbocycles. The first-order valence-electron chi connectivity index (χ1n) is 12.6. The van der Waals surface area contributed by atoms with Crippen LogP contribution in [0.25, 0.3) is 5.52 Å². The highest BCUT2D eigenvalue weighted by molar-refractivity contribution is 5.92. The van der Waals surface area contributed by atoms with Crippen LogP contribution in [-0.2, 0) is 4.74 Å². The topological polar surface area (TPSA) is 104 Å². The lowest BCUT2D eigenvalue weighted by Gasteiger charge is -2.29. The molecule has 1 aliphatic rings. The molecule has 1 saturated heterocycles. The highest BCUT2D eigenvalue weighted by Crippen LogP contribution is 2.33. The maximum atomic E-state index is 12.6. The van der Waals surface area contributed by atoms with E-state index < -0.39 is 6.09 Å². The highest BCUT2D eigenvalue weighted by Gasteiger charge is 2.21. The van der Waals surface area contributed by atoms with E-state index in [0.29, 0.717) is 40.7 Å². The molecular formula is C29H30N6O3. The maximum absolute atomic E-state index is 12.6. The lowest BCUT2D eigenvalue weighted by Crippen LogP contribution is -2.35. The number of piperidine rings is 1. The molecule has 2 N–H and O–H groups in total. The summed E-state index contributed by atoms with van der Waals surface area (Å²) >= 11 is 0. The first-order valence-corrected chi connectivity index (χ1v) is 12.6. The Morgan fingerprint density at radius 1 is 1.16 bits per heavy atom. The minimum atomic E-state index is -0.499. The summed E-state index contributed by atoms with van der Waals surface area (Å²) in [5.74, 6) is 1.80. The molecule has 9 nitrogen and oxygen atoms in total. The van der Waals surface area contributed by atoms with E-state index in [9.17, 15) is 10.1 Å². The van der Waals surface area contributed by atoms with E-state index in [0.717, 1.165) is 42.9 Å². The van der Waals surface area contributed by atoms with E-state index in [1.54, 1.807) is 10.7 Å². The predicted molar refractivity (Wildman–Crippen MR) is 146 cm³/mol. The lowest BCUT2D eigenvalue weighted by molar-refractivity contribution is 0.107. The van der Waals surface area contributed by atoms with Crippen molar-refractivity contribution in [3.63, 3.8) is 0 Å². The van der Waals surface area contributed by atoms with Gasteiger partial charge in [0.25, 0.3) is 0 Å². The van der Waals surface area contributed by atoms with Crippen molar-refractivity contribution in [1.29, 1.82) is 5.26 Å². The number of fused-ring (bicyclic) bond motifs is 1. The van der Waals surface area contributed by atoms with E-state index in [4.69, 9.17) is 9.47 Å². The van der Waals surface area contributed by atoms with Gasteiger partial charge >= 0.3 is 6.09 Å². The zero-order chi connectivity index (χ0) is 26.5. The molecule has 3 heterocycles. The summed E-state index contributed by atoms with van der Waals surface area (Å²) in [6, 6.07) is 19.3. The maximum Gasteiger partial charge on any atom is 0.411 e. The summed E-state index contributed by atoms with van der Waals surface area (Å²) in [7, 11) is 2.09. The third kappa shape index (κ3) is 5.71. The number of hydrogen-bond acceptors (Lipinski definition) is 7. The van der Waals surface area contributed by atoms with Crippen LogP contribution < -0.4 is 15.4 Å². The van der Waals surface area contributed by atoms with Crippen molar-refractivity contribution in [1.82, 2.24) is 14.5 Å². The lowest BCUT2D eigenvalue weighted by atomic mass is 10.00. The van der Waals surface area contributed by atoms with Crippen LogP contribution in [0.15, 0.2) is 67.0 Å². The summed E-state index contributed by atoms with van der Waals surface area (Å²) < 4.78 is 13.0. The minimum Gasteiger partial charge on any atom is -0.457 e. The zero-order valence-corrected chi connectivity index (χ0v) is 21.5. The number of hydrogen-bond donors (Lipinski definition) is 2. The normalized spacial score (nSPS) is 15.6. The van der Waals surface area contributed by atoms with Crippen LogP contribution in [0, 0.1) is 24.2 Å². The molecule has 0 radical (unpaired) electrons. The second-order valence-electron chi connectivity index (χ2n) is 9.56. The highest BCUT2D eigenvalue weighted by atomic mass is 16.5. The smallest absolute Gasteiger partial charge is 0.411 e. The molecule has 2 aromatic heterocycles. The number of para-hydroxylation sites is 1. The van der Waals surface area contributed by atoms with Crippen LogP contribution in [0.5, 0.6) is 11.5 Å². The van der Waals surface area contributed by atoms with Crippen molar-refractivity contribution in [2.75, 3.05) is 37.4 Å². The second kappa shape index (κ2) is 11.2. The van der Waals surface area contributed by atoms with Crippen molar-refractivity contribution in [2.24, 2.45) is 5.92 Å². The number of aromatic nitrogens is 2. The van der Waals surface area contributed by atoms with Crippen molar-refractivity contribution >= 4 is 28.7 Å². The van der Waals surface area contributed by atoms with E-state index in [-0.39, 0.29) is 0 Å². The van der Waals surface area contributed by atoms with Gasteiger partial charge in [-0.15, -0.1) is 0 Å². The van der Waals surface area contributed by atoms with Crippen LogP contribution in [0.4, 0.5) is 21.9 Å². The Balaban J connectivity index is 1.32. The van der Waals surface area contributed by atoms with Crippen LogP contribution in [0.2, 0.25) is 0 Å². The number of carbonyl (C=O) groups excluding carboxylic acids is 1. The molecule has 9 heteroatoms. The van der Waals surface area contributed by atoms with Crippen molar-refractivity contribution in [3.05, 3.63) is 78.1 Å². The predicted octanol–water partition coefficient (Wildman–Crippen LogP) is 5.94. The third-order valence-electron chi connectivity index (χ3n) is 6.69. The van der Waals surface area contributed by atoms with Crippen molar-refractivity contribution in [3.8, 4) is 17.6 Å². The Labute approximate surface area is 221 Å². The Morgan fingerprint density at radius 3 is 2.66 bits per heavy atom. The Morgan fingerprint density at radius 2 is 1.92 bits per heavy atom. The molecule has 38 heavy (non-hydrogen) atoms. The number of nitriles is 1. The molecule has 1 aliphatic heterocycles. The van der Waals surface area contributed by atoms with Gasteiger partial charge in [-0.3, -0.25) is 5.32 Å². The van der Waals surface area contributed by atoms with Gasteiger partial charge < -0.3 is 19.7 Å². The zero-order valence-electron chi connectivity index (χ0n) is 21.5. The van der Waals surface area contributed by atoms with Gasteiger partial charge in [0.2, 0.25) is 0 Å². The second-order valence-corrected chi connectivity index (χ2v) is 9.56. The first kappa shape index (κ1) is 25.1. The van der Waals surface area contributed by atoms with Crippen molar-refractivity contribution < 1.29 is 14.3 Å². The number of amides is 1. The molecule has 0 spiro atoms. The van der Waals surface area contributed by atoms with Gasteiger partial charge in [0.05, 0.1) is 41.5 Å². The average molecular weight is 511 g/mol. The van der Waals surface area contributed by atoms with Gasteiger partial charge in [-0.05, 0) is 69.8 Å². The Kier molecular flexibility index (Phi) is 7.43. The summed E-state index contributed by atoms with van der Waals surface area (Å²) in [4.78, 5) is 14.8. The van der Waals surface area contributed by atoms with Crippen LogP contribution in [-0.4, -0.2) is 47.4 Å². The number of carbonyl (C=O) groups is 1. The van der Waals surface area contributed by atoms with Crippen LogP contribution >= 0.6 is 0 Å². The Hall–Kier alpha value is -4.55. The summed E-state index contributed by atoms with van der Waals surface area (Å²) in [5, 5.41) is 20.3. The summed E-state index contributed by atoms with van der Waals surface area (Å²) in [6.45, 7) is 4.28. The number of benzene rings is 2.